The normalized spacial score (nSPS) is 12.0. The molecule has 1 radical (unpaired) electrons. The van der Waals surface area contributed by atoms with E-state index in [1.165, 1.54) is 0 Å². The SMILES string of the molecule is F[CH]COCC(F)(F)F. The summed E-state index contributed by atoms with van der Waals surface area (Å²) in [6, 6.07) is 0. The molecule has 0 heterocycles. The minimum atomic E-state index is -4.36. The van der Waals surface area contributed by atoms with E-state index in [4.69, 9.17) is 0 Å². The molecule has 0 spiro atoms. The van der Waals surface area contributed by atoms with Gasteiger partial charge in [-0.2, -0.15) is 13.2 Å². The highest BCUT2D eigenvalue weighted by molar-refractivity contribution is 4.48. The fourth-order valence-corrected chi connectivity index (χ4v) is 0.219. The van der Waals surface area contributed by atoms with Gasteiger partial charge >= 0.3 is 6.18 Å². The van der Waals surface area contributed by atoms with Crippen LogP contribution in [-0.4, -0.2) is 19.4 Å². The lowest BCUT2D eigenvalue weighted by atomic mass is 10.7. The van der Waals surface area contributed by atoms with Crippen molar-refractivity contribution in [3.63, 3.8) is 0 Å². The third kappa shape index (κ3) is 7.68. The summed E-state index contributed by atoms with van der Waals surface area (Å²) in [5.74, 6) is 0. The topological polar surface area (TPSA) is 9.23 Å². The van der Waals surface area contributed by atoms with E-state index in [0.717, 1.165) is 0 Å². The summed E-state index contributed by atoms with van der Waals surface area (Å²) in [6.45, 7) is -1.99. The summed E-state index contributed by atoms with van der Waals surface area (Å²) < 4.78 is 48.1. The van der Waals surface area contributed by atoms with Gasteiger partial charge in [0.15, 0.2) is 6.67 Å². The maximum atomic E-state index is 11.1. The van der Waals surface area contributed by atoms with Gasteiger partial charge in [-0.05, 0) is 0 Å². The molecule has 0 rings (SSSR count). The number of halogens is 4. The van der Waals surface area contributed by atoms with Crippen molar-refractivity contribution in [1.29, 1.82) is 0 Å². The van der Waals surface area contributed by atoms with E-state index in [2.05, 4.69) is 4.74 Å². The standard InChI is InChI=1S/C4H5F4O/c5-1-2-9-3-4(6,7)8/h1H,2-3H2. The minimum absolute atomic E-state index is 0.0196. The lowest BCUT2D eigenvalue weighted by molar-refractivity contribution is -0.172. The number of rotatable bonds is 3. The lowest BCUT2D eigenvalue weighted by Gasteiger charge is -2.04. The second kappa shape index (κ2) is 3.66. The Bertz CT molecular complexity index is 69.5. The van der Waals surface area contributed by atoms with Gasteiger partial charge in [-0.3, -0.25) is 0 Å². The molecule has 0 unspecified atom stereocenters. The van der Waals surface area contributed by atoms with Crippen molar-refractivity contribution in [2.75, 3.05) is 13.2 Å². The van der Waals surface area contributed by atoms with Gasteiger partial charge in [0.2, 0.25) is 0 Å². The van der Waals surface area contributed by atoms with Crippen molar-refractivity contribution in [3.05, 3.63) is 6.67 Å². The Balaban J connectivity index is 3.07. The monoisotopic (exact) mass is 145 g/mol. The zero-order chi connectivity index (χ0) is 7.33. The van der Waals surface area contributed by atoms with Crippen LogP contribution in [0.15, 0.2) is 0 Å². The maximum absolute atomic E-state index is 11.1. The smallest absolute Gasteiger partial charge is 0.369 e. The predicted octanol–water partition coefficient (Wildman–Crippen LogP) is 1.70. The first-order chi connectivity index (χ1) is 4.06. The summed E-state index contributed by atoms with van der Waals surface area (Å²) >= 11 is 0. The molecule has 55 valence electrons. The van der Waals surface area contributed by atoms with Crippen molar-refractivity contribution in [3.8, 4) is 0 Å². The Morgan fingerprint density at radius 3 is 2.22 bits per heavy atom. The van der Waals surface area contributed by atoms with Gasteiger partial charge in [-0.25, -0.2) is 4.39 Å². The molecule has 0 saturated heterocycles. The van der Waals surface area contributed by atoms with Gasteiger partial charge in [0.25, 0.3) is 0 Å². The van der Waals surface area contributed by atoms with Crippen LogP contribution in [0.2, 0.25) is 0 Å². The van der Waals surface area contributed by atoms with Crippen molar-refractivity contribution in [2.45, 2.75) is 6.18 Å². The molecule has 0 aliphatic heterocycles. The maximum Gasteiger partial charge on any atom is 0.411 e. The van der Waals surface area contributed by atoms with Crippen molar-refractivity contribution >= 4 is 0 Å². The van der Waals surface area contributed by atoms with Crippen LogP contribution in [-0.2, 0) is 4.74 Å². The highest BCUT2D eigenvalue weighted by atomic mass is 19.4. The molecule has 0 saturated carbocycles. The third-order valence-corrected chi connectivity index (χ3v) is 0.447. The molecule has 0 N–H and O–H groups in total. The van der Waals surface area contributed by atoms with E-state index in [9.17, 15) is 17.6 Å². The molecule has 9 heavy (non-hydrogen) atoms. The van der Waals surface area contributed by atoms with Gasteiger partial charge < -0.3 is 4.74 Å². The van der Waals surface area contributed by atoms with Crippen LogP contribution in [0.5, 0.6) is 0 Å². The fraction of sp³-hybridized carbons (Fsp3) is 0.750. The summed E-state index contributed by atoms with van der Waals surface area (Å²) in [5, 5.41) is 0. The van der Waals surface area contributed by atoms with E-state index in [1.54, 1.807) is 0 Å². The van der Waals surface area contributed by atoms with Gasteiger partial charge in [0.1, 0.15) is 6.61 Å². The Labute approximate surface area is 49.6 Å². The second-order valence-corrected chi connectivity index (χ2v) is 1.28. The fourth-order valence-electron chi connectivity index (χ4n) is 0.219. The highest BCUT2D eigenvalue weighted by Crippen LogP contribution is 2.14. The van der Waals surface area contributed by atoms with Crippen LogP contribution in [0.4, 0.5) is 17.6 Å². The van der Waals surface area contributed by atoms with Crippen LogP contribution < -0.4 is 0 Å². The lowest BCUT2D eigenvalue weighted by Crippen LogP contribution is -2.17. The van der Waals surface area contributed by atoms with E-state index in [1.807, 2.05) is 0 Å². The Morgan fingerprint density at radius 1 is 1.33 bits per heavy atom. The molecule has 0 atom stereocenters. The average molecular weight is 145 g/mol. The molecular formula is C4H5F4O. The zero-order valence-electron chi connectivity index (χ0n) is 4.41. The van der Waals surface area contributed by atoms with E-state index < -0.39 is 19.4 Å². The molecular weight excluding hydrogens is 140 g/mol. The van der Waals surface area contributed by atoms with Crippen molar-refractivity contribution in [2.24, 2.45) is 0 Å². The van der Waals surface area contributed by atoms with Gasteiger partial charge in [0.05, 0.1) is 6.61 Å². The molecule has 0 aliphatic carbocycles. The molecule has 0 amide bonds. The van der Waals surface area contributed by atoms with Crippen LogP contribution in [0, 0.1) is 6.67 Å². The first-order valence-electron chi connectivity index (χ1n) is 2.12. The number of hydrogen-bond acceptors (Lipinski definition) is 1. The van der Waals surface area contributed by atoms with Crippen molar-refractivity contribution < 1.29 is 22.3 Å². The van der Waals surface area contributed by atoms with Gasteiger partial charge in [-0.15, -0.1) is 0 Å². The highest BCUT2D eigenvalue weighted by Gasteiger charge is 2.27. The Morgan fingerprint density at radius 2 is 1.89 bits per heavy atom. The summed E-state index contributed by atoms with van der Waals surface area (Å²) in [4.78, 5) is 0. The molecule has 5 heteroatoms. The molecule has 0 aliphatic rings. The zero-order valence-corrected chi connectivity index (χ0v) is 4.41. The van der Waals surface area contributed by atoms with E-state index in [-0.39, 0.29) is 6.67 Å². The number of hydrogen-bond donors (Lipinski definition) is 0. The molecule has 0 aromatic heterocycles. The quantitative estimate of drug-likeness (QED) is 0.433. The first-order valence-corrected chi connectivity index (χ1v) is 2.12. The average Bonchev–Trinajstić information content (AvgIpc) is 1.63. The summed E-state index contributed by atoms with van der Waals surface area (Å²) in [7, 11) is 0. The second-order valence-electron chi connectivity index (χ2n) is 1.28. The van der Waals surface area contributed by atoms with Crippen LogP contribution in [0.1, 0.15) is 0 Å². The summed E-state index contributed by atoms with van der Waals surface area (Å²) in [6.07, 6.45) is -4.36. The molecule has 0 aromatic rings. The Hall–Kier alpha value is -0.320. The number of alkyl halides is 3. The van der Waals surface area contributed by atoms with Crippen LogP contribution in [0.3, 0.4) is 0 Å². The van der Waals surface area contributed by atoms with Crippen LogP contribution in [0.25, 0.3) is 0 Å². The summed E-state index contributed by atoms with van der Waals surface area (Å²) in [5.41, 5.74) is 0. The molecule has 0 bridgehead atoms. The van der Waals surface area contributed by atoms with Crippen molar-refractivity contribution in [1.82, 2.24) is 0 Å². The Kier molecular flexibility index (Phi) is 3.53. The van der Waals surface area contributed by atoms with Gasteiger partial charge in [0, 0.05) is 0 Å². The van der Waals surface area contributed by atoms with E-state index in [0.29, 0.717) is 0 Å². The number of ether oxygens (including phenoxy) is 1. The third-order valence-electron chi connectivity index (χ3n) is 0.447. The largest absolute Gasteiger partial charge is 0.411 e. The molecule has 1 nitrogen and oxygen atoms in total. The molecule has 0 fully saturated rings. The van der Waals surface area contributed by atoms with Gasteiger partial charge in [-0.1, -0.05) is 0 Å². The van der Waals surface area contributed by atoms with Crippen LogP contribution >= 0.6 is 0 Å². The predicted molar refractivity (Wildman–Crippen MR) is 22.3 cm³/mol. The minimum Gasteiger partial charge on any atom is -0.369 e. The molecule has 0 aromatic carbocycles. The van der Waals surface area contributed by atoms with E-state index >= 15 is 0 Å². The first kappa shape index (κ1) is 8.68.